The SMILES string of the molecule is COCCCNC(=O)c1cccc(C(=O)NC(C)C)c1. The Balaban J connectivity index is 2.62. The van der Waals surface area contributed by atoms with Gasteiger partial charge in [-0.1, -0.05) is 6.07 Å². The van der Waals surface area contributed by atoms with Crippen LogP contribution in [0.15, 0.2) is 24.3 Å². The van der Waals surface area contributed by atoms with Crippen molar-refractivity contribution in [3.8, 4) is 0 Å². The van der Waals surface area contributed by atoms with Gasteiger partial charge in [-0.05, 0) is 38.5 Å². The Hall–Kier alpha value is -1.88. The normalized spacial score (nSPS) is 10.4. The predicted molar refractivity (Wildman–Crippen MR) is 77.9 cm³/mol. The van der Waals surface area contributed by atoms with E-state index in [4.69, 9.17) is 4.74 Å². The number of nitrogens with one attached hydrogen (secondary N) is 2. The number of methoxy groups -OCH3 is 1. The van der Waals surface area contributed by atoms with Crippen LogP contribution in [-0.2, 0) is 4.74 Å². The van der Waals surface area contributed by atoms with E-state index < -0.39 is 0 Å². The second-order valence-corrected chi connectivity index (χ2v) is 4.81. The molecule has 0 spiro atoms. The molecule has 2 N–H and O–H groups in total. The van der Waals surface area contributed by atoms with Crippen molar-refractivity contribution in [2.45, 2.75) is 26.3 Å². The van der Waals surface area contributed by atoms with Gasteiger partial charge in [-0.25, -0.2) is 0 Å². The summed E-state index contributed by atoms with van der Waals surface area (Å²) in [5.41, 5.74) is 0.974. The van der Waals surface area contributed by atoms with E-state index in [-0.39, 0.29) is 17.9 Å². The molecule has 0 aromatic heterocycles. The lowest BCUT2D eigenvalue weighted by Gasteiger charge is -2.09. The van der Waals surface area contributed by atoms with Gasteiger partial charge in [0.05, 0.1) is 0 Å². The molecule has 0 heterocycles. The molecule has 0 atom stereocenters. The number of ether oxygens (including phenoxy) is 1. The minimum absolute atomic E-state index is 0.0639. The highest BCUT2D eigenvalue weighted by Gasteiger charge is 2.10. The smallest absolute Gasteiger partial charge is 0.251 e. The van der Waals surface area contributed by atoms with Crippen LogP contribution in [0, 0.1) is 0 Å². The molecule has 0 bridgehead atoms. The Bertz CT molecular complexity index is 458. The lowest BCUT2D eigenvalue weighted by molar-refractivity contribution is 0.0943. The van der Waals surface area contributed by atoms with E-state index >= 15 is 0 Å². The van der Waals surface area contributed by atoms with E-state index in [1.54, 1.807) is 31.4 Å². The third kappa shape index (κ3) is 5.40. The van der Waals surface area contributed by atoms with Crippen molar-refractivity contribution in [3.63, 3.8) is 0 Å². The van der Waals surface area contributed by atoms with Gasteiger partial charge < -0.3 is 15.4 Å². The van der Waals surface area contributed by atoms with Gasteiger partial charge >= 0.3 is 0 Å². The van der Waals surface area contributed by atoms with E-state index in [0.29, 0.717) is 24.3 Å². The molecule has 0 aliphatic carbocycles. The second kappa shape index (κ2) is 8.32. The molecule has 20 heavy (non-hydrogen) atoms. The maximum Gasteiger partial charge on any atom is 0.251 e. The van der Waals surface area contributed by atoms with Gasteiger partial charge in [0.2, 0.25) is 0 Å². The molecule has 0 fully saturated rings. The van der Waals surface area contributed by atoms with Crippen LogP contribution in [0.1, 0.15) is 41.0 Å². The van der Waals surface area contributed by atoms with E-state index in [2.05, 4.69) is 10.6 Å². The standard InChI is InChI=1S/C15H22N2O3/c1-11(2)17-15(19)13-7-4-6-12(10-13)14(18)16-8-5-9-20-3/h4,6-7,10-11H,5,8-9H2,1-3H3,(H,16,18)(H,17,19). The number of rotatable bonds is 7. The summed E-state index contributed by atoms with van der Waals surface area (Å²) < 4.78 is 4.91. The zero-order chi connectivity index (χ0) is 15.0. The summed E-state index contributed by atoms with van der Waals surface area (Å²) in [6.45, 7) is 4.95. The van der Waals surface area contributed by atoms with Crippen LogP contribution >= 0.6 is 0 Å². The summed E-state index contributed by atoms with van der Waals surface area (Å²) in [6, 6.07) is 6.76. The summed E-state index contributed by atoms with van der Waals surface area (Å²) in [5.74, 6) is -0.352. The van der Waals surface area contributed by atoms with Crippen LogP contribution in [0.2, 0.25) is 0 Å². The van der Waals surface area contributed by atoms with E-state index in [0.717, 1.165) is 6.42 Å². The highest BCUT2D eigenvalue weighted by molar-refractivity contribution is 5.99. The summed E-state index contributed by atoms with van der Waals surface area (Å²) >= 11 is 0. The molecule has 1 aromatic carbocycles. The van der Waals surface area contributed by atoms with Crippen molar-refractivity contribution in [1.29, 1.82) is 0 Å². The lowest BCUT2D eigenvalue weighted by atomic mass is 10.1. The van der Waals surface area contributed by atoms with Crippen LogP contribution in [-0.4, -0.2) is 38.1 Å². The first kappa shape index (κ1) is 16.2. The molecular formula is C15H22N2O3. The largest absolute Gasteiger partial charge is 0.385 e. The fraction of sp³-hybridized carbons (Fsp3) is 0.467. The van der Waals surface area contributed by atoms with Gasteiger partial charge in [-0.2, -0.15) is 0 Å². The summed E-state index contributed by atoms with van der Waals surface area (Å²) in [6.07, 6.45) is 0.760. The molecule has 0 aliphatic rings. The van der Waals surface area contributed by atoms with E-state index in [9.17, 15) is 9.59 Å². The van der Waals surface area contributed by atoms with Crippen LogP contribution in [0.25, 0.3) is 0 Å². The van der Waals surface area contributed by atoms with E-state index in [1.807, 2.05) is 13.8 Å². The molecule has 1 aromatic rings. The zero-order valence-electron chi connectivity index (χ0n) is 12.2. The third-order valence-corrected chi connectivity index (χ3v) is 2.62. The molecule has 0 aliphatic heterocycles. The van der Waals surface area contributed by atoms with Crippen molar-refractivity contribution >= 4 is 11.8 Å². The van der Waals surface area contributed by atoms with Crippen LogP contribution in [0.3, 0.4) is 0 Å². The number of carbonyl (C=O) groups excluding carboxylic acids is 2. The molecule has 0 saturated carbocycles. The Morgan fingerprint density at radius 3 is 2.45 bits per heavy atom. The molecule has 2 amide bonds. The number of amides is 2. The predicted octanol–water partition coefficient (Wildman–Crippen LogP) is 1.59. The topological polar surface area (TPSA) is 67.4 Å². The molecule has 0 saturated heterocycles. The zero-order valence-corrected chi connectivity index (χ0v) is 12.2. The summed E-state index contributed by atoms with van der Waals surface area (Å²) in [4.78, 5) is 23.8. The highest BCUT2D eigenvalue weighted by atomic mass is 16.5. The molecule has 1 rings (SSSR count). The Morgan fingerprint density at radius 2 is 1.85 bits per heavy atom. The number of hydrogen-bond acceptors (Lipinski definition) is 3. The number of hydrogen-bond donors (Lipinski definition) is 2. The fourth-order valence-electron chi connectivity index (χ4n) is 1.67. The van der Waals surface area contributed by atoms with E-state index in [1.165, 1.54) is 0 Å². The minimum Gasteiger partial charge on any atom is -0.385 e. The summed E-state index contributed by atoms with van der Waals surface area (Å²) in [5, 5.41) is 5.59. The maximum atomic E-state index is 11.9. The van der Waals surface area contributed by atoms with Crippen molar-refractivity contribution < 1.29 is 14.3 Å². The third-order valence-electron chi connectivity index (χ3n) is 2.62. The van der Waals surface area contributed by atoms with Crippen LogP contribution in [0.5, 0.6) is 0 Å². The Kier molecular flexibility index (Phi) is 6.73. The molecule has 5 nitrogen and oxygen atoms in total. The van der Waals surface area contributed by atoms with Gasteiger partial charge in [0, 0.05) is 37.4 Å². The molecule has 0 radical (unpaired) electrons. The Morgan fingerprint density at radius 1 is 1.20 bits per heavy atom. The molecule has 5 heteroatoms. The monoisotopic (exact) mass is 278 g/mol. The first-order chi connectivity index (χ1) is 9.54. The number of benzene rings is 1. The first-order valence-electron chi connectivity index (χ1n) is 6.72. The van der Waals surface area contributed by atoms with Gasteiger partial charge in [0.15, 0.2) is 0 Å². The molecule has 110 valence electrons. The van der Waals surface area contributed by atoms with Crippen molar-refractivity contribution in [3.05, 3.63) is 35.4 Å². The summed E-state index contributed by atoms with van der Waals surface area (Å²) in [7, 11) is 1.62. The highest BCUT2D eigenvalue weighted by Crippen LogP contribution is 2.06. The maximum absolute atomic E-state index is 11.9. The van der Waals surface area contributed by atoms with Crippen molar-refractivity contribution in [1.82, 2.24) is 10.6 Å². The Labute approximate surface area is 119 Å². The van der Waals surface area contributed by atoms with Crippen LogP contribution < -0.4 is 10.6 Å². The first-order valence-corrected chi connectivity index (χ1v) is 6.72. The van der Waals surface area contributed by atoms with Gasteiger partial charge in [-0.3, -0.25) is 9.59 Å². The molecule has 0 unspecified atom stereocenters. The lowest BCUT2D eigenvalue weighted by Crippen LogP contribution is -2.30. The van der Waals surface area contributed by atoms with Gasteiger partial charge in [0.25, 0.3) is 11.8 Å². The quantitative estimate of drug-likeness (QED) is 0.744. The van der Waals surface area contributed by atoms with Crippen molar-refractivity contribution in [2.75, 3.05) is 20.3 Å². The van der Waals surface area contributed by atoms with Gasteiger partial charge in [-0.15, -0.1) is 0 Å². The average Bonchev–Trinajstić information content (AvgIpc) is 2.43. The number of carbonyl (C=O) groups is 2. The fourth-order valence-corrected chi connectivity index (χ4v) is 1.67. The minimum atomic E-state index is -0.180. The molecular weight excluding hydrogens is 256 g/mol. The van der Waals surface area contributed by atoms with Crippen LogP contribution in [0.4, 0.5) is 0 Å². The van der Waals surface area contributed by atoms with Gasteiger partial charge in [0.1, 0.15) is 0 Å². The average molecular weight is 278 g/mol. The van der Waals surface area contributed by atoms with Crippen molar-refractivity contribution in [2.24, 2.45) is 0 Å². The second-order valence-electron chi connectivity index (χ2n) is 4.81.